The summed E-state index contributed by atoms with van der Waals surface area (Å²) in [7, 11) is -3.41. The predicted molar refractivity (Wildman–Crippen MR) is 65.5 cm³/mol. The number of hydrogen-bond donors (Lipinski definition) is 4. The van der Waals surface area contributed by atoms with E-state index >= 15 is 0 Å². The molecule has 2 atom stereocenters. The van der Waals surface area contributed by atoms with Crippen molar-refractivity contribution < 1.29 is 34.0 Å². The molecule has 0 saturated carbocycles. The molecular formula is C10H23O7P. The van der Waals surface area contributed by atoms with Gasteiger partial charge in [-0.05, 0) is 6.42 Å². The fraction of sp³-hybridized carbons (Fsp3) is 1.00. The smallest absolute Gasteiger partial charge is 0.330 e. The Labute approximate surface area is 107 Å². The van der Waals surface area contributed by atoms with Crippen LogP contribution in [0.15, 0.2) is 0 Å². The maximum absolute atomic E-state index is 12.2. The average molecular weight is 286 g/mol. The van der Waals surface area contributed by atoms with Crippen molar-refractivity contribution in [3.8, 4) is 0 Å². The molecule has 0 bridgehead atoms. The van der Waals surface area contributed by atoms with Crippen molar-refractivity contribution >= 4 is 7.60 Å². The van der Waals surface area contributed by atoms with Crippen molar-refractivity contribution in [1.29, 1.82) is 0 Å². The summed E-state index contributed by atoms with van der Waals surface area (Å²) in [6, 6.07) is 0. The molecule has 0 spiro atoms. The van der Waals surface area contributed by atoms with E-state index in [4.69, 9.17) is 29.5 Å². The minimum atomic E-state index is -3.41. The van der Waals surface area contributed by atoms with Crippen LogP contribution in [0.25, 0.3) is 0 Å². The lowest BCUT2D eigenvalue weighted by Gasteiger charge is -2.20. The Balaban J connectivity index is 4.28. The van der Waals surface area contributed by atoms with Crippen LogP contribution in [0.4, 0.5) is 0 Å². The van der Waals surface area contributed by atoms with Crippen LogP contribution in [-0.2, 0) is 13.6 Å². The van der Waals surface area contributed by atoms with Gasteiger partial charge in [-0.25, -0.2) is 0 Å². The van der Waals surface area contributed by atoms with Crippen LogP contribution in [0.2, 0.25) is 0 Å². The van der Waals surface area contributed by atoms with E-state index in [0.717, 1.165) is 6.42 Å². The third-order valence-electron chi connectivity index (χ3n) is 2.13. The summed E-state index contributed by atoms with van der Waals surface area (Å²) < 4.78 is 22.2. The Morgan fingerprint density at radius 3 is 1.83 bits per heavy atom. The predicted octanol–water partition coefficient (Wildman–Crippen LogP) is -0.281. The summed E-state index contributed by atoms with van der Waals surface area (Å²) in [5.41, 5.74) is 0. The van der Waals surface area contributed by atoms with E-state index in [1.54, 1.807) is 0 Å². The first kappa shape index (κ1) is 18.0. The molecule has 0 fully saturated rings. The zero-order valence-electron chi connectivity index (χ0n) is 10.6. The Morgan fingerprint density at radius 2 is 1.50 bits per heavy atom. The first-order valence-corrected chi connectivity index (χ1v) is 7.66. The van der Waals surface area contributed by atoms with E-state index in [0.29, 0.717) is 6.42 Å². The van der Waals surface area contributed by atoms with Gasteiger partial charge in [-0.2, -0.15) is 0 Å². The number of rotatable bonds is 11. The van der Waals surface area contributed by atoms with E-state index in [9.17, 15) is 4.57 Å². The molecule has 0 aromatic rings. The molecule has 0 aliphatic heterocycles. The molecule has 0 radical (unpaired) electrons. The minimum Gasteiger partial charge on any atom is -0.394 e. The maximum atomic E-state index is 12.2. The second-order valence-electron chi connectivity index (χ2n) is 3.95. The van der Waals surface area contributed by atoms with Gasteiger partial charge in [-0.15, -0.1) is 0 Å². The van der Waals surface area contributed by atoms with Crippen molar-refractivity contribution in [2.75, 3.05) is 32.6 Å². The highest BCUT2D eigenvalue weighted by atomic mass is 31.2. The van der Waals surface area contributed by atoms with Crippen LogP contribution in [0.1, 0.15) is 19.8 Å². The number of unbranched alkanes of at least 4 members (excludes halogenated alkanes) is 1. The Kier molecular flexibility index (Phi) is 9.85. The summed E-state index contributed by atoms with van der Waals surface area (Å²) >= 11 is 0. The normalized spacial score (nSPS) is 18.3. The fourth-order valence-electron chi connectivity index (χ4n) is 1.02. The average Bonchev–Trinajstić information content (AvgIpc) is 2.40. The highest BCUT2D eigenvalue weighted by molar-refractivity contribution is 7.53. The van der Waals surface area contributed by atoms with E-state index < -0.39 is 33.0 Å². The molecule has 7 nitrogen and oxygen atoms in total. The van der Waals surface area contributed by atoms with Crippen LogP contribution >= 0.6 is 7.60 Å². The van der Waals surface area contributed by atoms with Gasteiger partial charge in [0.25, 0.3) is 0 Å². The third-order valence-corrected chi connectivity index (χ3v) is 4.08. The van der Waals surface area contributed by atoms with E-state index in [-0.39, 0.29) is 19.4 Å². The molecule has 110 valence electrons. The molecule has 0 saturated heterocycles. The minimum absolute atomic E-state index is 0.166. The lowest BCUT2D eigenvalue weighted by molar-refractivity contribution is 0.0287. The molecule has 4 N–H and O–H groups in total. The summed E-state index contributed by atoms with van der Waals surface area (Å²) in [5.74, 6) is 0. The van der Waals surface area contributed by atoms with Crippen molar-refractivity contribution in [2.45, 2.75) is 32.0 Å². The van der Waals surface area contributed by atoms with Gasteiger partial charge in [0.2, 0.25) is 0 Å². The van der Waals surface area contributed by atoms with Crippen LogP contribution in [-0.4, -0.2) is 65.2 Å². The van der Waals surface area contributed by atoms with E-state index in [2.05, 4.69) is 0 Å². The Hall–Kier alpha value is -0.0100. The number of aliphatic hydroxyl groups is 4. The summed E-state index contributed by atoms with van der Waals surface area (Å²) in [4.78, 5) is 0. The molecule has 0 aromatic carbocycles. The molecule has 0 aliphatic carbocycles. The van der Waals surface area contributed by atoms with Crippen molar-refractivity contribution in [3.63, 3.8) is 0 Å². The quantitative estimate of drug-likeness (QED) is 0.386. The van der Waals surface area contributed by atoms with Gasteiger partial charge in [0.1, 0.15) is 12.2 Å². The van der Waals surface area contributed by atoms with Gasteiger partial charge in [0.05, 0.1) is 32.6 Å². The standard InChI is InChI=1S/C10H23O7P/c1-2-3-4-18(15,16-7-9(13)5-11)17-8-10(14)6-12/h9-14H,2-8H2,1H3. The van der Waals surface area contributed by atoms with Gasteiger partial charge in [-0.1, -0.05) is 13.3 Å². The molecule has 2 unspecified atom stereocenters. The highest BCUT2D eigenvalue weighted by Gasteiger charge is 2.26. The van der Waals surface area contributed by atoms with Crippen molar-refractivity contribution in [1.82, 2.24) is 0 Å². The lowest BCUT2D eigenvalue weighted by Crippen LogP contribution is -2.22. The molecule has 18 heavy (non-hydrogen) atoms. The van der Waals surface area contributed by atoms with Crippen LogP contribution in [0.5, 0.6) is 0 Å². The first-order valence-electron chi connectivity index (χ1n) is 5.93. The fourth-order valence-corrected chi connectivity index (χ4v) is 2.86. The SMILES string of the molecule is CCCCP(=O)(OCC(O)CO)OCC(O)CO. The van der Waals surface area contributed by atoms with Gasteiger partial charge in [-0.3, -0.25) is 4.57 Å². The van der Waals surface area contributed by atoms with Gasteiger partial charge in [0, 0.05) is 0 Å². The zero-order valence-corrected chi connectivity index (χ0v) is 11.5. The highest BCUT2D eigenvalue weighted by Crippen LogP contribution is 2.49. The topological polar surface area (TPSA) is 116 Å². The first-order chi connectivity index (χ1) is 8.47. The van der Waals surface area contributed by atoms with Crippen LogP contribution in [0.3, 0.4) is 0 Å². The van der Waals surface area contributed by atoms with Gasteiger partial charge < -0.3 is 29.5 Å². The van der Waals surface area contributed by atoms with E-state index in [1.807, 2.05) is 6.92 Å². The molecular weight excluding hydrogens is 263 g/mol. The Morgan fingerprint density at radius 1 is 1.06 bits per heavy atom. The van der Waals surface area contributed by atoms with Crippen molar-refractivity contribution in [2.24, 2.45) is 0 Å². The van der Waals surface area contributed by atoms with Crippen molar-refractivity contribution in [3.05, 3.63) is 0 Å². The van der Waals surface area contributed by atoms with Gasteiger partial charge in [0.15, 0.2) is 0 Å². The second-order valence-corrected chi connectivity index (χ2v) is 6.14. The van der Waals surface area contributed by atoms with Crippen LogP contribution < -0.4 is 0 Å². The summed E-state index contributed by atoms with van der Waals surface area (Å²) in [6.45, 7) is 0.328. The third kappa shape index (κ3) is 8.16. The Bertz CT molecular complexity index is 230. The number of aliphatic hydroxyl groups excluding tert-OH is 4. The number of hydrogen-bond acceptors (Lipinski definition) is 7. The van der Waals surface area contributed by atoms with Crippen LogP contribution in [0, 0.1) is 0 Å². The molecule has 0 amide bonds. The van der Waals surface area contributed by atoms with Gasteiger partial charge >= 0.3 is 7.60 Å². The molecule has 0 heterocycles. The summed E-state index contributed by atoms with van der Waals surface area (Å²) in [6.07, 6.45) is -0.666. The maximum Gasteiger partial charge on any atom is 0.330 e. The molecule has 8 heteroatoms. The van der Waals surface area contributed by atoms with E-state index in [1.165, 1.54) is 0 Å². The largest absolute Gasteiger partial charge is 0.394 e. The molecule has 0 aliphatic rings. The molecule has 0 rings (SSSR count). The second kappa shape index (κ2) is 9.86. The molecule has 0 aromatic heterocycles. The lowest BCUT2D eigenvalue weighted by atomic mass is 10.4. The summed E-state index contributed by atoms with van der Waals surface area (Å²) in [5, 5.41) is 35.5. The monoisotopic (exact) mass is 286 g/mol. The zero-order chi connectivity index (χ0) is 14.0.